The Balaban J connectivity index is 3.91. The van der Waals surface area contributed by atoms with Gasteiger partial charge in [0.05, 0.1) is 26.4 Å². The second kappa shape index (κ2) is 13.3. The van der Waals surface area contributed by atoms with E-state index in [1.165, 1.54) is 0 Å². The highest BCUT2D eigenvalue weighted by atomic mass is 28.4. The van der Waals surface area contributed by atoms with E-state index in [0.29, 0.717) is 13.2 Å². The Morgan fingerprint density at radius 1 is 0.720 bits per heavy atom. The zero-order valence-electron chi connectivity index (χ0n) is 16.2. The third-order valence-corrected chi connectivity index (χ3v) is 11.3. The van der Waals surface area contributed by atoms with Gasteiger partial charge < -0.3 is 34.0 Å². The summed E-state index contributed by atoms with van der Waals surface area (Å²) in [5.74, 6) is 0. The van der Waals surface area contributed by atoms with Crippen molar-refractivity contribution in [2.24, 2.45) is 0 Å². The van der Waals surface area contributed by atoms with Gasteiger partial charge in [-0.2, -0.15) is 0 Å². The predicted molar refractivity (Wildman–Crippen MR) is 103 cm³/mol. The molecule has 0 aliphatic rings. The van der Waals surface area contributed by atoms with Gasteiger partial charge in [0.2, 0.25) is 0 Å². The van der Waals surface area contributed by atoms with E-state index < -0.39 is 28.8 Å². The fraction of sp³-hybridized carbons (Fsp3) is 1.00. The van der Waals surface area contributed by atoms with Crippen LogP contribution in [0.1, 0.15) is 12.8 Å². The summed E-state index contributed by atoms with van der Waals surface area (Å²) in [5, 5.41) is 35.9. The first-order chi connectivity index (χ1) is 11.6. The third kappa shape index (κ3) is 15.0. The molecule has 0 radical (unpaired) electrons. The number of aliphatic hydroxyl groups excluding tert-OH is 4. The van der Waals surface area contributed by atoms with Crippen molar-refractivity contribution in [1.29, 1.82) is 0 Å². The smallest absolute Gasteiger partial charge is 0.173 e. The summed E-state index contributed by atoms with van der Waals surface area (Å²) in [6, 6.07) is 2.00. The highest BCUT2D eigenvalue weighted by Gasteiger charge is 2.32. The Morgan fingerprint density at radius 2 is 1.08 bits per heavy atom. The van der Waals surface area contributed by atoms with Crippen LogP contribution in [0.3, 0.4) is 0 Å². The molecular formula is C16H38O7Si2. The van der Waals surface area contributed by atoms with Gasteiger partial charge >= 0.3 is 0 Å². The van der Waals surface area contributed by atoms with E-state index in [2.05, 4.69) is 26.2 Å². The molecule has 0 aromatic carbocycles. The average Bonchev–Trinajstić information content (AvgIpc) is 2.52. The number of rotatable bonds is 16. The quantitative estimate of drug-likeness (QED) is 0.226. The standard InChI is InChI=1S/C16H38O7Si2/c1-24(2,9-5-7-21-13-15(19)11-17)23-25(3,4)10-6-8-22-14-16(20)12-18/h15-20H,5-14H2,1-4H3. The van der Waals surface area contributed by atoms with Gasteiger partial charge in [-0.15, -0.1) is 0 Å². The fourth-order valence-electron chi connectivity index (χ4n) is 2.59. The Hall–Kier alpha value is 0.154. The topological polar surface area (TPSA) is 109 Å². The molecule has 7 nitrogen and oxygen atoms in total. The number of hydrogen-bond acceptors (Lipinski definition) is 7. The van der Waals surface area contributed by atoms with Crippen LogP contribution in [0.25, 0.3) is 0 Å². The van der Waals surface area contributed by atoms with Crippen LogP contribution >= 0.6 is 0 Å². The van der Waals surface area contributed by atoms with Gasteiger partial charge in [0.15, 0.2) is 16.6 Å². The molecule has 152 valence electrons. The molecule has 0 saturated carbocycles. The summed E-state index contributed by atoms with van der Waals surface area (Å²) >= 11 is 0. The van der Waals surface area contributed by atoms with Gasteiger partial charge in [-0.3, -0.25) is 0 Å². The molecule has 2 unspecified atom stereocenters. The Bertz CT molecular complexity index is 300. The van der Waals surface area contributed by atoms with Crippen molar-refractivity contribution in [1.82, 2.24) is 0 Å². The summed E-state index contributed by atoms with van der Waals surface area (Å²) in [6.45, 7) is 9.82. The summed E-state index contributed by atoms with van der Waals surface area (Å²) in [5.41, 5.74) is 0. The van der Waals surface area contributed by atoms with Crippen molar-refractivity contribution in [3.05, 3.63) is 0 Å². The maximum absolute atomic E-state index is 9.21. The highest BCUT2D eigenvalue weighted by Crippen LogP contribution is 2.23. The largest absolute Gasteiger partial charge is 0.455 e. The highest BCUT2D eigenvalue weighted by molar-refractivity contribution is 6.84. The molecule has 0 spiro atoms. The molecule has 0 aromatic rings. The molecular weight excluding hydrogens is 360 g/mol. The number of ether oxygens (including phenoxy) is 2. The first-order valence-electron chi connectivity index (χ1n) is 9.05. The Kier molecular flexibility index (Phi) is 13.4. The summed E-state index contributed by atoms with van der Waals surface area (Å²) in [7, 11) is -3.52. The summed E-state index contributed by atoms with van der Waals surface area (Å²) in [6.07, 6.45) is 0.190. The lowest BCUT2D eigenvalue weighted by molar-refractivity contribution is 0.00627. The van der Waals surface area contributed by atoms with E-state index >= 15 is 0 Å². The molecule has 0 amide bonds. The third-order valence-electron chi connectivity index (χ3n) is 3.73. The lowest BCUT2D eigenvalue weighted by Crippen LogP contribution is -2.44. The second-order valence-electron chi connectivity index (χ2n) is 7.65. The number of aliphatic hydroxyl groups is 4. The van der Waals surface area contributed by atoms with Crippen LogP contribution in [0.15, 0.2) is 0 Å². The minimum Gasteiger partial charge on any atom is -0.455 e. The van der Waals surface area contributed by atoms with Gasteiger partial charge in [-0.05, 0) is 51.1 Å². The molecule has 0 aliphatic carbocycles. The molecule has 25 heavy (non-hydrogen) atoms. The van der Waals surface area contributed by atoms with E-state index in [4.69, 9.17) is 23.8 Å². The molecule has 0 fully saturated rings. The van der Waals surface area contributed by atoms with Crippen molar-refractivity contribution in [2.75, 3.05) is 39.6 Å². The molecule has 9 heteroatoms. The van der Waals surface area contributed by atoms with Crippen LogP contribution in [0.5, 0.6) is 0 Å². The molecule has 0 aliphatic heterocycles. The van der Waals surface area contributed by atoms with Crippen LogP contribution in [0, 0.1) is 0 Å². The van der Waals surface area contributed by atoms with Gasteiger partial charge in [-0.25, -0.2) is 0 Å². The summed E-state index contributed by atoms with van der Waals surface area (Å²) < 4.78 is 17.2. The van der Waals surface area contributed by atoms with Crippen molar-refractivity contribution in [3.8, 4) is 0 Å². The van der Waals surface area contributed by atoms with Crippen molar-refractivity contribution < 1.29 is 34.0 Å². The summed E-state index contributed by atoms with van der Waals surface area (Å²) in [4.78, 5) is 0. The maximum Gasteiger partial charge on any atom is 0.173 e. The maximum atomic E-state index is 9.21. The van der Waals surface area contributed by atoms with Gasteiger partial charge in [0.25, 0.3) is 0 Å². The molecule has 0 aromatic heterocycles. The normalized spacial score (nSPS) is 15.4. The second-order valence-corrected chi connectivity index (χ2v) is 16.5. The molecule has 0 rings (SSSR count). The first kappa shape index (κ1) is 25.2. The van der Waals surface area contributed by atoms with Crippen LogP contribution in [-0.2, 0) is 13.6 Å². The molecule has 0 heterocycles. The number of hydrogen-bond donors (Lipinski definition) is 4. The molecule has 2 atom stereocenters. The Morgan fingerprint density at radius 3 is 1.40 bits per heavy atom. The van der Waals surface area contributed by atoms with Crippen molar-refractivity contribution >= 4 is 16.6 Å². The minimum absolute atomic E-state index is 0.171. The van der Waals surface area contributed by atoms with E-state index in [0.717, 1.165) is 24.9 Å². The van der Waals surface area contributed by atoms with Crippen LogP contribution < -0.4 is 0 Å². The lowest BCUT2D eigenvalue weighted by Gasteiger charge is -2.34. The van der Waals surface area contributed by atoms with Crippen LogP contribution in [-0.4, -0.2) is 88.9 Å². The van der Waals surface area contributed by atoms with Crippen molar-refractivity contribution in [3.63, 3.8) is 0 Å². The molecule has 0 bridgehead atoms. The predicted octanol–water partition coefficient (Wildman–Crippen LogP) is 0.933. The van der Waals surface area contributed by atoms with Gasteiger partial charge in [0, 0.05) is 13.2 Å². The molecule has 4 N–H and O–H groups in total. The lowest BCUT2D eigenvalue weighted by atomic mass is 10.4. The minimum atomic E-state index is -1.76. The van der Waals surface area contributed by atoms with E-state index in [1.807, 2.05) is 0 Å². The van der Waals surface area contributed by atoms with E-state index in [1.54, 1.807) is 0 Å². The van der Waals surface area contributed by atoms with Gasteiger partial charge in [-0.1, -0.05) is 0 Å². The van der Waals surface area contributed by atoms with Crippen LogP contribution in [0.4, 0.5) is 0 Å². The van der Waals surface area contributed by atoms with Crippen LogP contribution in [0.2, 0.25) is 38.3 Å². The van der Waals surface area contributed by atoms with E-state index in [9.17, 15) is 10.2 Å². The fourth-order valence-corrected chi connectivity index (χ4v) is 11.4. The zero-order chi connectivity index (χ0) is 19.3. The Labute approximate surface area is 154 Å². The average molecular weight is 399 g/mol. The monoisotopic (exact) mass is 398 g/mol. The molecule has 0 saturated heterocycles. The van der Waals surface area contributed by atoms with Gasteiger partial charge in [0.1, 0.15) is 12.2 Å². The van der Waals surface area contributed by atoms with E-state index in [-0.39, 0.29) is 26.4 Å². The zero-order valence-corrected chi connectivity index (χ0v) is 18.2. The first-order valence-corrected chi connectivity index (χ1v) is 15.3. The van der Waals surface area contributed by atoms with Crippen molar-refractivity contribution in [2.45, 2.75) is 63.3 Å². The SMILES string of the molecule is C[Si](C)(CCCOCC(O)CO)O[Si](C)(C)CCCOCC(O)CO.